The fourth-order valence-corrected chi connectivity index (χ4v) is 1.55. The van der Waals surface area contributed by atoms with Crippen molar-refractivity contribution in [2.24, 2.45) is 0 Å². The van der Waals surface area contributed by atoms with Crippen molar-refractivity contribution in [2.75, 3.05) is 6.61 Å². The Kier molecular flexibility index (Phi) is 6.24. The van der Waals surface area contributed by atoms with E-state index < -0.39 is 0 Å². The molecule has 0 radical (unpaired) electrons. The highest BCUT2D eigenvalue weighted by molar-refractivity contribution is 5.46. The van der Waals surface area contributed by atoms with E-state index >= 15 is 0 Å². The number of ether oxygens (including phenoxy) is 1. The first-order valence-electron chi connectivity index (χ1n) is 6.27. The summed E-state index contributed by atoms with van der Waals surface area (Å²) in [5.41, 5.74) is 0.537. The average molecular weight is 250 g/mol. The molecule has 0 amide bonds. The number of halogens is 1. The van der Waals surface area contributed by atoms with Gasteiger partial charge < -0.3 is 9.84 Å². The summed E-state index contributed by atoms with van der Waals surface area (Å²) in [7, 11) is 0. The molecule has 0 unspecified atom stereocenters. The third-order valence-corrected chi connectivity index (χ3v) is 2.61. The molecule has 0 aromatic heterocycles. The molecule has 0 aliphatic heterocycles. The van der Waals surface area contributed by atoms with Crippen LogP contribution >= 0.6 is 0 Å². The van der Waals surface area contributed by atoms with Crippen molar-refractivity contribution >= 4 is 0 Å². The van der Waals surface area contributed by atoms with Gasteiger partial charge in [0.25, 0.3) is 0 Å². The molecule has 1 N–H and O–H groups in total. The van der Waals surface area contributed by atoms with Crippen molar-refractivity contribution in [3.63, 3.8) is 0 Å². The highest BCUT2D eigenvalue weighted by Crippen LogP contribution is 2.21. The van der Waals surface area contributed by atoms with Gasteiger partial charge in [-0.1, -0.05) is 25.7 Å². The van der Waals surface area contributed by atoms with Gasteiger partial charge in [-0.2, -0.15) is 0 Å². The molecule has 2 nitrogen and oxygen atoms in total. The monoisotopic (exact) mass is 250 g/mol. The van der Waals surface area contributed by atoms with E-state index in [-0.39, 0.29) is 18.5 Å². The summed E-state index contributed by atoms with van der Waals surface area (Å²) in [6, 6.07) is 4.34. The molecule has 1 aromatic rings. The molecule has 0 aliphatic rings. The maximum absolute atomic E-state index is 13.2. The third kappa shape index (κ3) is 4.38. The molecule has 0 fully saturated rings. The van der Waals surface area contributed by atoms with E-state index in [0.29, 0.717) is 17.7 Å². The summed E-state index contributed by atoms with van der Waals surface area (Å²) < 4.78 is 19.0. The molecule has 0 spiro atoms. The van der Waals surface area contributed by atoms with Gasteiger partial charge in [0, 0.05) is 6.42 Å². The first kappa shape index (κ1) is 14.5. The van der Waals surface area contributed by atoms with Gasteiger partial charge in [-0.3, -0.25) is 0 Å². The number of rotatable bonds is 5. The summed E-state index contributed by atoms with van der Waals surface area (Å²) in [4.78, 5) is 0. The van der Waals surface area contributed by atoms with Crippen molar-refractivity contribution in [1.29, 1.82) is 0 Å². The molecule has 1 rings (SSSR count). The summed E-state index contributed by atoms with van der Waals surface area (Å²) in [6.45, 7) is 4.11. The summed E-state index contributed by atoms with van der Waals surface area (Å²) >= 11 is 0. The van der Waals surface area contributed by atoms with Crippen LogP contribution in [0.15, 0.2) is 18.2 Å². The van der Waals surface area contributed by atoms with Gasteiger partial charge in [-0.05, 0) is 31.0 Å². The second-order valence-corrected chi connectivity index (χ2v) is 3.97. The molecule has 0 heterocycles. The Morgan fingerprint density at radius 3 is 2.67 bits per heavy atom. The smallest absolute Gasteiger partial charge is 0.135 e. The standard InChI is InChI=1S/C15H19FO2/c1-3-14(4-2)18-15-9-8-13(16)11-12(15)7-5-6-10-17/h8-9,11,14,17H,3-4,6,10H2,1-2H3. The van der Waals surface area contributed by atoms with Gasteiger partial charge in [-0.25, -0.2) is 4.39 Å². The topological polar surface area (TPSA) is 29.5 Å². The number of hydrogen-bond acceptors (Lipinski definition) is 2. The average Bonchev–Trinajstić information content (AvgIpc) is 2.38. The molecule has 3 heteroatoms. The zero-order chi connectivity index (χ0) is 13.4. The molecule has 0 atom stereocenters. The van der Waals surface area contributed by atoms with Crippen molar-refractivity contribution in [1.82, 2.24) is 0 Å². The maximum Gasteiger partial charge on any atom is 0.135 e. The summed E-state index contributed by atoms with van der Waals surface area (Å²) in [5, 5.41) is 8.68. The van der Waals surface area contributed by atoms with Gasteiger partial charge >= 0.3 is 0 Å². The molecule has 0 saturated carbocycles. The van der Waals surface area contributed by atoms with E-state index in [1.54, 1.807) is 6.07 Å². The van der Waals surface area contributed by atoms with Crippen LogP contribution in [0.25, 0.3) is 0 Å². The van der Waals surface area contributed by atoms with E-state index in [1.165, 1.54) is 12.1 Å². The van der Waals surface area contributed by atoms with Crippen LogP contribution in [0.5, 0.6) is 5.75 Å². The number of benzene rings is 1. The summed E-state index contributed by atoms with van der Waals surface area (Å²) in [6.07, 6.45) is 2.30. The second-order valence-electron chi connectivity index (χ2n) is 3.97. The normalized spacial score (nSPS) is 10.1. The van der Waals surface area contributed by atoms with Crippen LogP contribution in [-0.2, 0) is 0 Å². The van der Waals surface area contributed by atoms with Gasteiger partial charge in [-0.15, -0.1) is 0 Å². The van der Waals surface area contributed by atoms with Gasteiger partial charge in [0.15, 0.2) is 0 Å². The van der Waals surface area contributed by atoms with Crippen molar-refractivity contribution < 1.29 is 14.2 Å². The zero-order valence-corrected chi connectivity index (χ0v) is 10.9. The van der Waals surface area contributed by atoms with Gasteiger partial charge in [0.05, 0.1) is 18.3 Å². The van der Waals surface area contributed by atoms with E-state index in [9.17, 15) is 4.39 Å². The lowest BCUT2D eigenvalue weighted by molar-refractivity contribution is 0.192. The Bertz CT molecular complexity index is 428. The van der Waals surface area contributed by atoms with Gasteiger partial charge in [0.2, 0.25) is 0 Å². The number of aliphatic hydroxyl groups is 1. The van der Waals surface area contributed by atoms with Crippen LogP contribution in [-0.4, -0.2) is 17.8 Å². The van der Waals surface area contributed by atoms with E-state index in [2.05, 4.69) is 25.7 Å². The van der Waals surface area contributed by atoms with Crippen LogP contribution in [0, 0.1) is 17.7 Å². The highest BCUT2D eigenvalue weighted by atomic mass is 19.1. The lowest BCUT2D eigenvalue weighted by Gasteiger charge is -2.16. The molecule has 98 valence electrons. The molecule has 18 heavy (non-hydrogen) atoms. The van der Waals surface area contributed by atoms with Crippen LogP contribution in [0.1, 0.15) is 38.7 Å². The minimum atomic E-state index is -0.333. The molecular weight excluding hydrogens is 231 g/mol. The zero-order valence-electron chi connectivity index (χ0n) is 10.9. The Hall–Kier alpha value is -1.53. The predicted octanol–water partition coefficient (Wildman–Crippen LogP) is 3.13. The van der Waals surface area contributed by atoms with Crippen LogP contribution in [0.3, 0.4) is 0 Å². The van der Waals surface area contributed by atoms with E-state index in [4.69, 9.17) is 9.84 Å². The first-order chi connectivity index (χ1) is 8.71. The quantitative estimate of drug-likeness (QED) is 0.814. The van der Waals surface area contributed by atoms with Crippen molar-refractivity contribution in [3.8, 4) is 17.6 Å². The Morgan fingerprint density at radius 1 is 1.33 bits per heavy atom. The SMILES string of the molecule is CCC(CC)Oc1ccc(F)cc1C#CCCO. The van der Waals surface area contributed by atoms with E-state index in [1.807, 2.05) is 0 Å². The minimum Gasteiger partial charge on any atom is -0.489 e. The van der Waals surface area contributed by atoms with Crippen LogP contribution in [0.2, 0.25) is 0 Å². The fraction of sp³-hybridized carbons (Fsp3) is 0.467. The van der Waals surface area contributed by atoms with Crippen LogP contribution in [0.4, 0.5) is 4.39 Å². The molecule has 0 saturated heterocycles. The molecule has 0 aliphatic carbocycles. The second kappa shape index (κ2) is 7.73. The number of aliphatic hydroxyl groups excluding tert-OH is 1. The Balaban J connectivity index is 2.93. The minimum absolute atomic E-state index is 0.00501. The molecule has 0 bridgehead atoms. The molecule has 1 aromatic carbocycles. The maximum atomic E-state index is 13.2. The first-order valence-corrected chi connectivity index (χ1v) is 6.27. The predicted molar refractivity (Wildman–Crippen MR) is 70.0 cm³/mol. The summed E-state index contributed by atoms with van der Waals surface area (Å²) in [5.74, 6) is 5.89. The van der Waals surface area contributed by atoms with Crippen molar-refractivity contribution in [2.45, 2.75) is 39.2 Å². The Labute approximate surface area is 108 Å². The molecular formula is C15H19FO2. The third-order valence-electron chi connectivity index (χ3n) is 2.61. The largest absolute Gasteiger partial charge is 0.489 e. The van der Waals surface area contributed by atoms with Crippen LogP contribution < -0.4 is 4.74 Å². The lowest BCUT2D eigenvalue weighted by Crippen LogP contribution is -2.14. The highest BCUT2D eigenvalue weighted by Gasteiger charge is 2.09. The number of hydrogen-bond donors (Lipinski definition) is 1. The van der Waals surface area contributed by atoms with E-state index in [0.717, 1.165) is 12.8 Å². The Morgan fingerprint density at radius 2 is 2.06 bits per heavy atom. The van der Waals surface area contributed by atoms with Crippen molar-refractivity contribution in [3.05, 3.63) is 29.6 Å². The fourth-order valence-electron chi connectivity index (χ4n) is 1.55. The van der Waals surface area contributed by atoms with Gasteiger partial charge in [0.1, 0.15) is 11.6 Å². The lowest BCUT2D eigenvalue weighted by atomic mass is 10.1.